The highest BCUT2D eigenvalue weighted by atomic mass is 79.9. The van der Waals surface area contributed by atoms with Crippen LogP contribution in [0.3, 0.4) is 0 Å². The van der Waals surface area contributed by atoms with Crippen LogP contribution in [0.5, 0.6) is 0 Å². The standard InChI is InChI=1S/C8H12BrN3O2S/c1-12(2)8-3-4-10-5-7(8)11-15(13,14)6-9/h3-5,11H,6H2,1-2H3. The molecular formula is C8H12BrN3O2S. The van der Waals surface area contributed by atoms with Gasteiger partial charge >= 0.3 is 0 Å². The molecule has 84 valence electrons. The van der Waals surface area contributed by atoms with E-state index >= 15 is 0 Å². The van der Waals surface area contributed by atoms with E-state index in [0.717, 1.165) is 5.69 Å². The van der Waals surface area contributed by atoms with Crippen molar-refractivity contribution in [2.45, 2.75) is 0 Å². The van der Waals surface area contributed by atoms with Gasteiger partial charge in [-0.15, -0.1) is 0 Å². The highest BCUT2D eigenvalue weighted by Gasteiger charge is 2.11. The van der Waals surface area contributed by atoms with Crippen molar-refractivity contribution in [3.63, 3.8) is 0 Å². The predicted octanol–water partition coefficient (Wildman–Crippen LogP) is 1.24. The lowest BCUT2D eigenvalue weighted by molar-refractivity contribution is 0.606. The molecule has 5 nitrogen and oxygen atoms in total. The van der Waals surface area contributed by atoms with Crippen molar-refractivity contribution in [3.8, 4) is 0 Å². The molecule has 1 aromatic heterocycles. The summed E-state index contributed by atoms with van der Waals surface area (Å²) in [6.07, 6.45) is 3.09. The first kappa shape index (κ1) is 12.3. The zero-order chi connectivity index (χ0) is 11.5. The Hall–Kier alpha value is -0.820. The lowest BCUT2D eigenvalue weighted by Crippen LogP contribution is -2.17. The van der Waals surface area contributed by atoms with Gasteiger partial charge in [0.15, 0.2) is 0 Å². The van der Waals surface area contributed by atoms with Gasteiger partial charge < -0.3 is 4.90 Å². The minimum Gasteiger partial charge on any atom is -0.376 e. The lowest BCUT2D eigenvalue weighted by atomic mass is 10.3. The molecule has 15 heavy (non-hydrogen) atoms. The first-order valence-electron chi connectivity index (χ1n) is 4.14. The normalized spacial score (nSPS) is 11.1. The number of nitrogens with zero attached hydrogens (tertiary/aromatic N) is 2. The van der Waals surface area contributed by atoms with Crippen LogP contribution in [-0.4, -0.2) is 32.2 Å². The second kappa shape index (κ2) is 4.80. The van der Waals surface area contributed by atoms with Gasteiger partial charge in [0, 0.05) is 20.3 Å². The Morgan fingerprint density at radius 1 is 1.53 bits per heavy atom. The highest BCUT2D eigenvalue weighted by molar-refractivity contribution is 9.10. The minimum absolute atomic E-state index is 0.137. The second-order valence-corrected chi connectivity index (χ2v) is 6.14. The number of sulfonamides is 1. The number of rotatable bonds is 4. The maximum absolute atomic E-state index is 11.3. The zero-order valence-corrected chi connectivity index (χ0v) is 10.8. The fourth-order valence-corrected chi connectivity index (χ4v) is 1.94. The monoisotopic (exact) mass is 293 g/mol. The number of alkyl halides is 1. The SMILES string of the molecule is CN(C)c1ccncc1NS(=O)(=O)CBr. The Labute approximate surface area is 97.7 Å². The Morgan fingerprint density at radius 2 is 2.20 bits per heavy atom. The molecule has 0 unspecified atom stereocenters. The van der Waals surface area contributed by atoms with E-state index < -0.39 is 10.0 Å². The molecule has 0 saturated heterocycles. The van der Waals surface area contributed by atoms with E-state index in [0.29, 0.717) is 5.69 Å². The molecule has 0 amide bonds. The molecule has 0 aliphatic carbocycles. The van der Waals surface area contributed by atoms with E-state index in [-0.39, 0.29) is 4.66 Å². The maximum atomic E-state index is 11.3. The van der Waals surface area contributed by atoms with Gasteiger partial charge in [-0.3, -0.25) is 9.71 Å². The van der Waals surface area contributed by atoms with Crippen LogP contribution in [-0.2, 0) is 10.0 Å². The summed E-state index contributed by atoms with van der Waals surface area (Å²) in [6, 6.07) is 1.74. The van der Waals surface area contributed by atoms with Crippen LogP contribution in [0, 0.1) is 0 Å². The number of nitrogens with one attached hydrogen (secondary N) is 1. The molecule has 7 heteroatoms. The van der Waals surface area contributed by atoms with Gasteiger partial charge in [0.1, 0.15) is 4.66 Å². The first-order valence-corrected chi connectivity index (χ1v) is 6.91. The van der Waals surface area contributed by atoms with Gasteiger partial charge in [-0.25, -0.2) is 8.42 Å². The average Bonchev–Trinajstić information content (AvgIpc) is 2.18. The summed E-state index contributed by atoms with van der Waals surface area (Å²) in [6.45, 7) is 0. The van der Waals surface area contributed by atoms with Gasteiger partial charge in [0.05, 0.1) is 17.6 Å². The van der Waals surface area contributed by atoms with Crippen LogP contribution in [0.15, 0.2) is 18.5 Å². The fourth-order valence-electron chi connectivity index (χ4n) is 1.05. The zero-order valence-electron chi connectivity index (χ0n) is 8.44. The van der Waals surface area contributed by atoms with E-state index in [9.17, 15) is 8.42 Å². The van der Waals surface area contributed by atoms with E-state index in [1.54, 1.807) is 12.3 Å². The van der Waals surface area contributed by atoms with Gasteiger partial charge in [0.2, 0.25) is 10.0 Å². The summed E-state index contributed by atoms with van der Waals surface area (Å²) in [5.74, 6) is 0. The van der Waals surface area contributed by atoms with Crippen molar-refractivity contribution >= 4 is 37.3 Å². The number of aromatic nitrogens is 1. The van der Waals surface area contributed by atoms with Crippen LogP contribution in [0.25, 0.3) is 0 Å². The molecule has 0 bridgehead atoms. The van der Waals surface area contributed by atoms with E-state index in [2.05, 4.69) is 25.6 Å². The molecule has 0 aliphatic rings. The third-order valence-corrected chi connectivity index (χ3v) is 4.32. The molecule has 1 aromatic rings. The molecule has 0 aromatic carbocycles. The van der Waals surface area contributed by atoms with Gasteiger partial charge in [-0.05, 0) is 6.07 Å². The topological polar surface area (TPSA) is 62.3 Å². The molecule has 1 N–H and O–H groups in total. The Kier molecular flexibility index (Phi) is 3.92. The van der Waals surface area contributed by atoms with E-state index in [1.165, 1.54) is 6.20 Å². The summed E-state index contributed by atoms with van der Waals surface area (Å²) in [5.41, 5.74) is 1.25. The highest BCUT2D eigenvalue weighted by Crippen LogP contribution is 2.23. The molecule has 1 heterocycles. The third-order valence-electron chi connectivity index (χ3n) is 1.69. The molecule has 0 radical (unpaired) electrons. The van der Waals surface area contributed by atoms with Crippen LogP contribution in [0.4, 0.5) is 11.4 Å². The summed E-state index contributed by atoms with van der Waals surface area (Å²) in [5, 5.41) is 0. The third kappa shape index (κ3) is 3.35. The number of hydrogen-bond acceptors (Lipinski definition) is 4. The Bertz CT molecular complexity index is 433. The van der Waals surface area contributed by atoms with Gasteiger partial charge in [-0.1, -0.05) is 15.9 Å². The fraction of sp³-hybridized carbons (Fsp3) is 0.375. The van der Waals surface area contributed by atoms with Crippen molar-refractivity contribution < 1.29 is 8.42 Å². The molecule has 0 fully saturated rings. The number of pyridine rings is 1. The molecule has 0 aliphatic heterocycles. The number of hydrogen-bond donors (Lipinski definition) is 1. The molecule has 0 spiro atoms. The quantitative estimate of drug-likeness (QED) is 0.849. The van der Waals surface area contributed by atoms with Crippen LogP contribution in [0.1, 0.15) is 0 Å². The molecule has 0 atom stereocenters. The average molecular weight is 294 g/mol. The van der Waals surface area contributed by atoms with E-state index in [1.807, 2.05) is 19.0 Å². The first-order chi connectivity index (χ1) is 6.96. The predicted molar refractivity (Wildman–Crippen MR) is 64.9 cm³/mol. The molecular weight excluding hydrogens is 282 g/mol. The summed E-state index contributed by atoms with van der Waals surface area (Å²) >= 11 is 2.91. The summed E-state index contributed by atoms with van der Waals surface area (Å²) in [7, 11) is 0.341. The molecule has 1 rings (SSSR count). The van der Waals surface area contributed by atoms with Crippen LogP contribution in [0.2, 0.25) is 0 Å². The largest absolute Gasteiger partial charge is 0.376 e. The van der Waals surface area contributed by atoms with Crippen molar-refractivity contribution in [1.29, 1.82) is 0 Å². The van der Waals surface area contributed by atoms with Crippen molar-refractivity contribution in [3.05, 3.63) is 18.5 Å². The van der Waals surface area contributed by atoms with Gasteiger partial charge in [-0.2, -0.15) is 0 Å². The van der Waals surface area contributed by atoms with Crippen molar-refractivity contribution in [2.24, 2.45) is 0 Å². The van der Waals surface area contributed by atoms with E-state index in [4.69, 9.17) is 0 Å². The van der Waals surface area contributed by atoms with Crippen molar-refractivity contribution in [2.75, 3.05) is 28.4 Å². The number of anilines is 2. The van der Waals surface area contributed by atoms with Gasteiger partial charge in [0.25, 0.3) is 0 Å². The summed E-state index contributed by atoms with van der Waals surface area (Å²) < 4.78 is 25.0. The second-order valence-electron chi connectivity index (χ2n) is 3.11. The maximum Gasteiger partial charge on any atom is 0.242 e. The van der Waals surface area contributed by atoms with Crippen LogP contribution < -0.4 is 9.62 Å². The minimum atomic E-state index is -3.33. The summed E-state index contributed by atoms with van der Waals surface area (Å²) in [4.78, 5) is 5.69. The Balaban J connectivity index is 3.05. The lowest BCUT2D eigenvalue weighted by Gasteiger charge is -2.17. The number of halogens is 1. The van der Waals surface area contributed by atoms with Crippen LogP contribution >= 0.6 is 15.9 Å². The smallest absolute Gasteiger partial charge is 0.242 e. The molecule has 0 saturated carbocycles. The Morgan fingerprint density at radius 3 is 2.73 bits per heavy atom. The van der Waals surface area contributed by atoms with Crippen molar-refractivity contribution in [1.82, 2.24) is 4.98 Å².